The molecule has 2 aliphatic rings. The first kappa shape index (κ1) is 31.6. The fraction of sp³-hybridized carbons (Fsp3) is 0.742. The van der Waals surface area contributed by atoms with Gasteiger partial charge in [-0.1, -0.05) is 72.2 Å². The van der Waals surface area contributed by atoms with Gasteiger partial charge in [0.15, 0.2) is 22.9 Å². The minimum Gasteiger partial charge on any atom is -0.497 e. The molecule has 5 nitrogen and oxygen atoms in total. The normalized spacial score (nSPS) is 29.3. The Bertz CT molecular complexity index is 973. The van der Waals surface area contributed by atoms with Crippen LogP contribution in [0.3, 0.4) is 0 Å². The average Bonchev–Trinajstić information content (AvgIpc) is 3.32. The van der Waals surface area contributed by atoms with Crippen molar-refractivity contribution in [1.82, 2.24) is 0 Å². The molecule has 1 spiro atoms. The molecule has 38 heavy (non-hydrogen) atoms. The van der Waals surface area contributed by atoms with E-state index in [0.29, 0.717) is 19.1 Å². The van der Waals surface area contributed by atoms with E-state index < -0.39 is 22.2 Å². The van der Waals surface area contributed by atoms with Crippen LogP contribution in [0.25, 0.3) is 0 Å². The molecule has 1 aromatic rings. The lowest BCUT2D eigenvalue weighted by Crippen LogP contribution is -2.48. The third-order valence-electron chi connectivity index (χ3n) is 9.57. The summed E-state index contributed by atoms with van der Waals surface area (Å²) in [6, 6.07) is 8.00. The summed E-state index contributed by atoms with van der Waals surface area (Å²) in [5, 5.41) is 0.314. The fourth-order valence-electron chi connectivity index (χ4n) is 4.97. The molecule has 216 valence electrons. The van der Waals surface area contributed by atoms with Crippen LogP contribution in [0.1, 0.15) is 73.7 Å². The van der Waals surface area contributed by atoms with Crippen molar-refractivity contribution in [3.63, 3.8) is 0 Å². The highest BCUT2D eigenvalue weighted by Crippen LogP contribution is 2.53. The third kappa shape index (κ3) is 6.66. The van der Waals surface area contributed by atoms with Gasteiger partial charge in [0.25, 0.3) is 0 Å². The van der Waals surface area contributed by atoms with Crippen LogP contribution in [0.5, 0.6) is 5.75 Å². The van der Waals surface area contributed by atoms with Crippen molar-refractivity contribution < 1.29 is 23.1 Å². The summed E-state index contributed by atoms with van der Waals surface area (Å²) in [4.78, 5) is 0. The average molecular weight is 563 g/mol. The minimum absolute atomic E-state index is 0.0805. The van der Waals surface area contributed by atoms with Crippen molar-refractivity contribution in [3.05, 3.63) is 41.5 Å². The molecular weight excluding hydrogens is 509 g/mol. The van der Waals surface area contributed by atoms with Crippen molar-refractivity contribution in [2.75, 3.05) is 20.3 Å². The summed E-state index contributed by atoms with van der Waals surface area (Å²) in [6.45, 7) is 28.9. The van der Waals surface area contributed by atoms with Gasteiger partial charge in [-0.25, -0.2) is 0 Å². The number of rotatable bonds is 8. The Balaban J connectivity index is 1.92. The standard InChI is InChI=1S/C31H54O5Si2/c1-22(20-34-37(10,11)29(3,4)5)18-26-27(36-38(12,13)30(6,7)8)23(2)19-31(26)21-33-28(35-31)24-14-16-25(32-9)17-15-24/h14-18,23,26-28H,19-21H2,1-13H3/b22-18+/t23-,26-,27+,28?,31-/m0/s1. The van der Waals surface area contributed by atoms with E-state index in [2.05, 4.69) is 87.7 Å². The predicted molar refractivity (Wildman–Crippen MR) is 162 cm³/mol. The topological polar surface area (TPSA) is 46.2 Å². The second kappa shape index (κ2) is 11.1. The molecule has 1 aromatic carbocycles. The fourth-order valence-corrected chi connectivity index (χ4v) is 7.41. The van der Waals surface area contributed by atoms with Gasteiger partial charge >= 0.3 is 0 Å². The van der Waals surface area contributed by atoms with Gasteiger partial charge in [-0.2, -0.15) is 0 Å². The Morgan fingerprint density at radius 3 is 2.11 bits per heavy atom. The highest BCUT2D eigenvalue weighted by Gasteiger charge is 2.58. The second-order valence-corrected chi connectivity index (χ2v) is 24.3. The zero-order valence-electron chi connectivity index (χ0n) is 26.4. The Kier molecular flexibility index (Phi) is 9.24. The first-order chi connectivity index (χ1) is 17.3. The summed E-state index contributed by atoms with van der Waals surface area (Å²) < 4.78 is 32.3. The summed E-state index contributed by atoms with van der Waals surface area (Å²) in [5.41, 5.74) is 1.84. The van der Waals surface area contributed by atoms with E-state index in [1.165, 1.54) is 5.57 Å². The van der Waals surface area contributed by atoms with Crippen LogP contribution in [0.4, 0.5) is 0 Å². The molecule has 0 amide bonds. The van der Waals surface area contributed by atoms with Gasteiger partial charge < -0.3 is 23.1 Å². The molecule has 1 unspecified atom stereocenters. The molecule has 0 aromatic heterocycles. The molecule has 1 aliphatic heterocycles. The molecule has 1 saturated carbocycles. The molecule has 1 aliphatic carbocycles. The van der Waals surface area contributed by atoms with Crippen molar-refractivity contribution in [2.24, 2.45) is 11.8 Å². The quantitative estimate of drug-likeness (QED) is 0.235. The largest absolute Gasteiger partial charge is 0.497 e. The van der Waals surface area contributed by atoms with Gasteiger partial charge in [0.05, 0.1) is 26.4 Å². The Morgan fingerprint density at radius 2 is 1.58 bits per heavy atom. The summed E-state index contributed by atoms with van der Waals surface area (Å²) >= 11 is 0. The minimum atomic E-state index is -2.00. The molecule has 0 radical (unpaired) electrons. The van der Waals surface area contributed by atoms with Gasteiger partial charge in [-0.05, 0) is 67.7 Å². The van der Waals surface area contributed by atoms with Gasteiger partial charge in [0.1, 0.15) is 11.4 Å². The van der Waals surface area contributed by atoms with Crippen LogP contribution in [0.2, 0.25) is 36.3 Å². The van der Waals surface area contributed by atoms with Crippen LogP contribution >= 0.6 is 0 Å². The number of methoxy groups -OCH3 is 1. The predicted octanol–water partition coefficient (Wildman–Crippen LogP) is 8.49. The van der Waals surface area contributed by atoms with Crippen LogP contribution < -0.4 is 4.74 Å². The lowest BCUT2D eigenvalue weighted by atomic mass is 9.89. The number of hydrogen-bond donors (Lipinski definition) is 0. The number of benzene rings is 1. The van der Waals surface area contributed by atoms with Crippen LogP contribution in [0.15, 0.2) is 35.9 Å². The zero-order valence-corrected chi connectivity index (χ0v) is 28.4. The first-order valence-electron chi connectivity index (χ1n) is 14.2. The molecular formula is C31H54O5Si2. The molecule has 2 fully saturated rings. The Labute approximate surface area is 234 Å². The zero-order chi connectivity index (χ0) is 28.7. The maximum absolute atomic E-state index is 7.16. The molecule has 1 heterocycles. The lowest BCUT2D eigenvalue weighted by molar-refractivity contribution is -0.104. The highest BCUT2D eigenvalue weighted by atomic mass is 28.4. The number of hydrogen-bond acceptors (Lipinski definition) is 5. The van der Waals surface area contributed by atoms with Gasteiger partial charge in [0, 0.05) is 11.5 Å². The molecule has 0 N–H and O–H groups in total. The van der Waals surface area contributed by atoms with Crippen LogP contribution in [-0.4, -0.2) is 48.7 Å². The monoisotopic (exact) mass is 562 g/mol. The molecule has 5 atom stereocenters. The highest BCUT2D eigenvalue weighted by molar-refractivity contribution is 6.74. The van der Waals surface area contributed by atoms with Crippen LogP contribution in [-0.2, 0) is 18.3 Å². The Hall–Kier alpha value is -0.966. The first-order valence-corrected chi connectivity index (χ1v) is 20.1. The van der Waals surface area contributed by atoms with Crippen molar-refractivity contribution in [2.45, 2.75) is 116 Å². The maximum Gasteiger partial charge on any atom is 0.192 e. The smallest absolute Gasteiger partial charge is 0.192 e. The van der Waals surface area contributed by atoms with E-state index in [-0.39, 0.29) is 28.4 Å². The molecule has 0 bridgehead atoms. The number of ether oxygens (including phenoxy) is 3. The van der Waals surface area contributed by atoms with Crippen molar-refractivity contribution in [1.29, 1.82) is 0 Å². The van der Waals surface area contributed by atoms with Crippen molar-refractivity contribution in [3.8, 4) is 5.75 Å². The summed E-state index contributed by atoms with van der Waals surface area (Å²) in [6.07, 6.45) is 3.00. The molecule has 1 saturated heterocycles. The van der Waals surface area contributed by atoms with E-state index in [0.717, 1.165) is 17.7 Å². The van der Waals surface area contributed by atoms with Gasteiger partial charge in [0.2, 0.25) is 0 Å². The molecule has 7 heteroatoms. The van der Waals surface area contributed by atoms with E-state index in [9.17, 15) is 0 Å². The van der Waals surface area contributed by atoms with E-state index in [1.807, 2.05) is 24.3 Å². The summed E-state index contributed by atoms with van der Waals surface area (Å²) in [7, 11) is -2.17. The summed E-state index contributed by atoms with van der Waals surface area (Å²) in [5.74, 6) is 1.28. The lowest BCUT2D eigenvalue weighted by Gasteiger charge is -2.41. The third-order valence-corrected chi connectivity index (χ3v) is 18.5. The van der Waals surface area contributed by atoms with E-state index in [4.69, 9.17) is 23.1 Å². The van der Waals surface area contributed by atoms with Crippen molar-refractivity contribution >= 4 is 16.6 Å². The maximum atomic E-state index is 7.16. The SMILES string of the molecule is COc1ccc(C2OC[C@]3(C[C@H](C)[C@@H](O[Si](C)(C)C(C)(C)C)[C@@H]3/C=C(\C)CO[Si](C)(C)C(C)(C)C)O2)cc1. The molecule has 3 rings (SSSR count). The van der Waals surface area contributed by atoms with E-state index >= 15 is 0 Å². The van der Waals surface area contributed by atoms with Gasteiger partial charge in [-0.15, -0.1) is 0 Å². The van der Waals surface area contributed by atoms with Gasteiger partial charge in [-0.3, -0.25) is 0 Å². The second-order valence-electron chi connectivity index (χ2n) is 14.7. The Morgan fingerprint density at radius 1 is 1.00 bits per heavy atom. The van der Waals surface area contributed by atoms with Crippen LogP contribution in [0, 0.1) is 11.8 Å². The van der Waals surface area contributed by atoms with E-state index in [1.54, 1.807) is 7.11 Å².